The maximum atomic E-state index is 10.6. The highest BCUT2D eigenvalue weighted by Crippen LogP contribution is 1.88. The van der Waals surface area contributed by atoms with Crippen molar-refractivity contribution in [1.82, 2.24) is 19.9 Å². The second-order valence-corrected chi connectivity index (χ2v) is 5.16. The van der Waals surface area contributed by atoms with Crippen molar-refractivity contribution in [3.63, 3.8) is 0 Å². The molecule has 0 aliphatic carbocycles. The van der Waals surface area contributed by atoms with E-state index in [-0.39, 0.29) is 11.1 Å². The molecule has 0 spiro atoms. The molecule has 18 heavy (non-hydrogen) atoms. The zero-order valence-electron chi connectivity index (χ0n) is 8.54. The van der Waals surface area contributed by atoms with Crippen LogP contribution in [-0.2, 0) is 0 Å². The van der Waals surface area contributed by atoms with E-state index in [1.165, 1.54) is 12.4 Å². The summed E-state index contributed by atoms with van der Waals surface area (Å²) in [5.41, 5.74) is -1.64. The first-order valence-corrected chi connectivity index (χ1v) is 6.51. The number of nitrogens with one attached hydrogen (secondary N) is 4. The van der Waals surface area contributed by atoms with Crippen molar-refractivity contribution in [3.8, 4) is 0 Å². The van der Waals surface area contributed by atoms with Gasteiger partial charge in [-0.05, 0) is 45.2 Å². The third kappa shape index (κ3) is 4.59. The van der Waals surface area contributed by atoms with Gasteiger partial charge in [-0.3, -0.25) is 19.6 Å². The highest BCUT2D eigenvalue weighted by molar-refractivity contribution is 14.1. The summed E-state index contributed by atoms with van der Waals surface area (Å²) < 4.78 is 0.958. The van der Waals surface area contributed by atoms with Gasteiger partial charge in [0.25, 0.3) is 11.1 Å². The summed E-state index contributed by atoms with van der Waals surface area (Å²) in [5, 5.41) is 0. The van der Waals surface area contributed by atoms with E-state index in [2.05, 4.69) is 19.9 Å². The van der Waals surface area contributed by atoms with Gasteiger partial charge in [0.2, 0.25) is 0 Å². The van der Waals surface area contributed by atoms with Gasteiger partial charge < -0.3 is 9.97 Å². The molecule has 2 aromatic rings. The van der Waals surface area contributed by atoms with E-state index in [1.54, 1.807) is 0 Å². The van der Waals surface area contributed by atoms with E-state index in [1.807, 2.05) is 45.2 Å². The van der Waals surface area contributed by atoms with E-state index in [4.69, 9.17) is 0 Å². The maximum Gasteiger partial charge on any atom is 0.325 e. The average molecular weight is 476 g/mol. The molecule has 0 saturated heterocycles. The van der Waals surface area contributed by atoms with Gasteiger partial charge in [0, 0.05) is 12.4 Å². The minimum atomic E-state index is -0.472. The molecule has 0 aliphatic rings. The fourth-order valence-corrected chi connectivity index (χ4v) is 1.37. The first-order valence-electron chi connectivity index (χ1n) is 4.35. The lowest BCUT2D eigenvalue weighted by molar-refractivity contribution is 1.02. The molecule has 96 valence electrons. The molecule has 0 unspecified atom stereocenters. The smallest absolute Gasteiger partial charge is 0.313 e. The van der Waals surface area contributed by atoms with Gasteiger partial charge in [0.15, 0.2) is 0 Å². The molecule has 0 saturated carbocycles. The number of rotatable bonds is 0. The van der Waals surface area contributed by atoms with E-state index < -0.39 is 11.4 Å². The monoisotopic (exact) mass is 476 g/mol. The molecule has 2 aromatic heterocycles. The van der Waals surface area contributed by atoms with Crippen molar-refractivity contribution >= 4 is 45.2 Å². The van der Waals surface area contributed by atoms with Gasteiger partial charge in [0.1, 0.15) is 0 Å². The minimum Gasteiger partial charge on any atom is -0.313 e. The Labute approximate surface area is 126 Å². The molecule has 0 amide bonds. The van der Waals surface area contributed by atoms with Gasteiger partial charge in [-0.2, -0.15) is 0 Å². The summed E-state index contributed by atoms with van der Waals surface area (Å²) in [4.78, 5) is 50.5. The highest BCUT2D eigenvalue weighted by Gasteiger charge is 1.91. The van der Waals surface area contributed by atoms with Crippen LogP contribution in [0.4, 0.5) is 0 Å². The van der Waals surface area contributed by atoms with Crippen LogP contribution in [0.2, 0.25) is 0 Å². The Hall–Kier alpha value is -1.18. The minimum absolute atomic E-state index is 0.348. The van der Waals surface area contributed by atoms with Crippen LogP contribution in [0.3, 0.4) is 0 Å². The Balaban J connectivity index is 0.000000180. The predicted octanol–water partition coefficient (Wildman–Crippen LogP) is -0.664. The molecule has 2 rings (SSSR count). The van der Waals surface area contributed by atoms with E-state index in [0.29, 0.717) is 7.14 Å². The lowest BCUT2D eigenvalue weighted by atomic mass is 10.7. The zero-order valence-corrected chi connectivity index (χ0v) is 12.9. The van der Waals surface area contributed by atoms with Gasteiger partial charge >= 0.3 is 11.4 Å². The molecular formula is C8H6I2N4O4. The summed E-state index contributed by atoms with van der Waals surface area (Å²) in [6.07, 6.45) is 2.73. The van der Waals surface area contributed by atoms with Crippen LogP contribution in [0.15, 0.2) is 31.6 Å². The third-order valence-corrected chi connectivity index (χ3v) is 3.15. The molecule has 0 fully saturated rings. The van der Waals surface area contributed by atoms with Crippen molar-refractivity contribution in [2.75, 3.05) is 0 Å². The largest absolute Gasteiger partial charge is 0.325 e. The Bertz CT molecular complexity index is 691. The fourth-order valence-electron chi connectivity index (χ4n) is 0.787. The molecule has 0 atom stereocenters. The first-order chi connectivity index (χ1) is 8.40. The second kappa shape index (κ2) is 6.67. The van der Waals surface area contributed by atoms with Crippen molar-refractivity contribution in [1.29, 1.82) is 0 Å². The van der Waals surface area contributed by atoms with Gasteiger partial charge in [-0.15, -0.1) is 0 Å². The number of aromatic amines is 4. The quantitative estimate of drug-likeness (QED) is 0.376. The van der Waals surface area contributed by atoms with Gasteiger partial charge in [-0.1, -0.05) is 0 Å². The van der Waals surface area contributed by atoms with E-state index in [0.717, 1.165) is 0 Å². The summed E-state index contributed by atoms with van der Waals surface area (Å²) in [6.45, 7) is 0. The maximum absolute atomic E-state index is 10.6. The summed E-state index contributed by atoms with van der Waals surface area (Å²) in [7, 11) is 0. The summed E-state index contributed by atoms with van der Waals surface area (Å²) >= 11 is 3.65. The number of halogens is 2. The second-order valence-electron chi connectivity index (χ2n) is 2.84. The van der Waals surface area contributed by atoms with Crippen LogP contribution in [0, 0.1) is 7.14 Å². The average Bonchev–Trinajstić information content (AvgIpc) is 2.30. The third-order valence-electron chi connectivity index (χ3n) is 1.55. The van der Waals surface area contributed by atoms with Crippen LogP contribution in [0.25, 0.3) is 0 Å². The zero-order chi connectivity index (χ0) is 13.7. The fraction of sp³-hybridized carbons (Fsp3) is 0. The van der Waals surface area contributed by atoms with Crippen molar-refractivity contribution < 1.29 is 0 Å². The Morgan fingerprint density at radius 2 is 1.06 bits per heavy atom. The molecule has 0 radical (unpaired) electrons. The lowest BCUT2D eigenvalue weighted by Crippen LogP contribution is -2.22. The van der Waals surface area contributed by atoms with Crippen molar-refractivity contribution in [2.24, 2.45) is 0 Å². The normalized spacial score (nSPS) is 9.44. The van der Waals surface area contributed by atoms with Crippen LogP contribution in [-0.4, -0.2) is 19.9 Å². The van der Waals surface area contributed by atoms with Crippen LogP contribution < -0.4 is 22.5 Å². The molecule has 4 N–H and O–H groups in total. The predicted molar refractivity (Wildman–Crippen MR) is 80.8 cm³/mol. The SMILES string of the molecule is O=c1[nH]cc(I)c(=O)[nH]1.O=c1[nH]cc(I)c(=O)[nH]1. The van der Waals surface area contributed by atoms with Crippen molar-refractivity contribution in [3.05, 3.63) is 61.2 Å². The number of hydrogen-bond acceptors (Lipinski definition) is 4. The number of aromatic nitrogens is 4. The van der Waals surface area contributed by atoms with Crippen LogP contribution in [0.5, 0.6) is 0 Å². The summed E-state index contributed by atoms with van der Waals surface area (Å²) in [6, 6.07) is 0. The Kier molecular flexibility index (Phi) is 5.52. The molecule has 8 nitrogen and oxygen atoms in total. The Morgan fingerprint density at radius 3 is 1.28 bits per heavy atom. The lowest BCUT2D eigenvalue weighted by Gasteiger charge is -1.82. The van der Waals surface area contributed by atoms with Gasteiger partial charge in [-0.25, -0.2) is 9.59 Å². The molecular weight excluding hydrogens is 470 g/mol. The standard InChI is InChI=1S/2C4H3IN2O2/c2*5-2-1-6-4(9)7-3(2)8/h2*1H,(H2,6,7,8,9). The molecule has 10 heteroatoms. The Morgan fingerprint density at radius 1 is 0.722 bits per heavy atom. The topological polar surface area (TPSA) is 131 Å². The molecule has 0 aromatic carbocycles. The highest BCUT2D eigenvalue weighted by atomic mass is 127. The van der Waals surface area contributed by atoms with Gasteiger partial charge in [0.05, 0.1) is 7.14 Å². The van der Waals surface area contributed by atoms with E-state index in [9.17, 15) is 19.2 Å². The summed E-state index contributed by atoms with van der Waals surface area (Å²) in [5.74, 6) is 0. The van der Waals surface area contributed by atoms with Crippen LogP contribution in [0.1, 0.15) is 0 Å². The van der Waals surface area contributed by atoms with E-state index >= 15 is 0 Å². The molecule has 0 bridgehead atoms. The van der Waals surface area contributed by atoms with Crippen LogP contribution >= 0.6 is 45.2 Å². The molecule has 0 aliphatic heterocycles. The number of hydrogen-bond donors (Lipinski definition) is 4. The number of H-pyrrole nitrogens is 4. The molecule has 2 heterocycles. The van der Waals surface area contributed by atoms with Crippen molar-refractivity contribution in [2.45, 2.75) is 0 Å². The first kappa shape index (κ1) is 14.9.